The lowest BCUT2D eigenvalue weighted by atomic mass is 9.92. The number of imide groups is 1. The first-order chi connectivity index (χ1) is 14.9. The number of carbonyl (C=O) groups excluding carboxylic acids is 3. The third-order valence-electron chi connectivity index (χ3n) is 6.49. The number of nitrogens with zero attached hydrogens (tertiary/aromatic N) is 2. The van der Waals surface area contributed by atoms with Crippen molar-refractivity contribution < 1.29 is 18.8 Å². The molecule has 1 N–H and O–H groups in total. The van der Waals surface area contributed by atoms with Crippen molar-refractivity contribution in [2.24, 2.45) is 0 Å². The van der Waals surface area contributed by atoms with Crippen LogP contribution in [0.2, 0.25) is 0 Å². The van der Waals surface area contributed by atoms with Crippen LogP contribution in [0.3, 0.4) is 0 Å². The van der Waals surface area contributed by atoms with E-state index < -0.39 is 11.6 Å². The number of hydrogen-bond acceptors (Lipinski definition) is 4. The second-order valence-electron chi connectivity index (χ2n) is 8.26. The molecule has 3 amide bonds. The van der Waals surface area contributed by atoms with Gasteiger partial charge in [-0.3, -0.25) is 14.5 Å². The molecule has 7 nitrogen and oxygen atoms in total. The molecule has 158 valence electrons. The molecule has 2 aliphatic rings. The van der Waals surface area contributed by atoms with Crippen LogP contribution in [0.1, 0.15) is 45.1 Å². The molecule has 1 aliphatic heterocycles. The fraction of sp³-hybridized carbons (Fsp3) is 0.292. The van der Waals surface area contributed by atoms with Gasteiger partial charge >= 0.3 is 6.03 Å². The molecule has 0 bridgehead atoms. The minimum absolute atomic E-state index is 0.259. The van der Waals surface area contributed by atoms with Gasteiger partial charge < -0.3 is 14.3 Å². The second kappa shape index (κ2) is 6.97. The van der Waals surface area contributed by atoms with Crippen LogP contribution < -0.4 is 5.32 Å². The number of nitrogens with one attached hydrogen (secondary N) is 1. The Balaban J connectivity index is 1.39. The average Bonchev–Trinajstić information content (AvgIpc) is 3.51. The zero-order chi connectivity index (χ0) is 21.8. The number of aryl methyl sites for hydroxylation is 2. The van der Waals surface area contributed by atoms with E-state index in [0.717, 1.165) is 39.6 Å². The monoisotopic (exact) mass is 417 g/mol. The molecule has 2 aromatic heterocycles. The lowest BCUT2D eigenvalue weighted by molar-refractivity contribution is -0.131. The molecule has 1 aromatic carbocycles. The van der Waals surface area contributed by atoms with Gasteiger partial charge in [-0.15, -0.1) is 0 Å². The Morgan fingerprint density at radius 3 is 2.74 bits per heavy atom. The van der Waals surface area contributed by atoms with Gasteiger partial charge in [0.25, 0.3) is 5.91 Å². The van der Waals surface area contributed by atoms with Crippen molar-refractivity contribution in [3.63, 3.8) is 0 Å². The Morgan fingerprint density at radius 1 is 1.16 bits per heavy atom. The molecule has 7 heteroatoms. The highest BCUT2D eigenvalue weighted by Gasteiger charge is 2.55. The SMILES string of the molecule is Cc1cc(C(=O)CN2C(=O)N[C@@]3(CCc4ccccc43)C2=O)c(C)n1Cc1ccco1. The van der Waals surface area contributed by atoms with Gasteiger partial charge in [-0.2, -0.15) is 0 Å². The van der Waals surface area contributed by atoms with Crippen molar-refractivity contribution in [1.82, 2.24) is 14.8 Å². The van der Waals surface area contributed by atoms with E-state index >= 15 is 0 Å². The highest BCUT2D eigenvalue weighted by atomic mass is 16.3. The van der Waals surface area contributed by atoms with Crippen LogP contribution >= 0.6 is 0 Å². The number of fused-ring (bicyclic) bond motifs is 2. The van der Waals surface area contributed by atoms with Crippen LogP contribution in [0.5, 0.6) is 0 Å². The molecule has 0 unspecified atom stereocenters. The topological polar surface area (TPSA) is 84.5 Å². The molecule has 0 saturated carbocycles. The first-order valence-corrected chi connectivity index (χ1v) is 10.4. The second-order valence-corrected chi connectivity index (χ2v) is 8.26. The molecule has 1 spiro atoms. The number of furan rings is 1. The molecule has 1 aliphatic carbocycles. The number of ketones is 1. The summed E-state index contributed by atoms with van der Waals surface area (Å²) in [7, 11) is 0. The largest absolute Gasteiger partial charge is 0.467 e. The van der Waals surface area contributed by atoms with Crippen molar-refractivity contribution in [3.8, 4) is 0 Å². The first kappa shape index (κ1) is 19.4. The van der Waals surface area contributed by atoms with Gasteiger partial charge in [0.2, 0.25) is 0 Å². The third-order valence-corrected chi connectivity index (χ3v) is 6.49. The molecular weight excluding hydrogens is 394 g/mol. The van der Waals surface area contributed by atoms with Crippen LogP contribution in [-0.4, -0.2) is 33.7 Å². The smallest absolute Gasteiger partial charge is 0.325 e. The number of carbonyl (C=O) groups is 3. The van der Waals surface area contributed by atoms with Gasteiger partial charge in [0.05, 0.1) is 19.4 Å². The van der Waals surface area contributed by atoms with Gasteiger partial charge in [0.15, 0.2) is 5.78 Å². The average molecular weight is 417 g/mol. The summed E-state index contributed by atoms with van der Waals surface area (Å²) in [5.74, 6) is 0.183. The minimum Gasteiger partial charge on any atom is -0.467 e. The summed E-state index contributed by atoms with van der Waals surface area (Å²) in [6.45, 7) is 4.02. The summed E-state index contributed by atoms with van der Waals surface area (Å²) in [5, 5.41) is 2.87. The molecule has 31 heavy (non-hydrogen) atoms. The van der Waals surface area contributed by atoms with Gasteiger partial charge in [-0.1, -0.05) is 24.3 Å². The van der Waals surface area contributed by atoms with E-state index in [1.54, 1.807) is 12.3 Å². The Morgan fingerprint density at radius 2 is 1.97 bits per heavy atom. The Hall–Kier alpha value is -3.61. The summed E-state index contributed by atoms with van der Waals surface area (Å²) >= 11 is 0. The van der Waals surface area contributed by atoms with Crippen LogP contribution in [0, 0.1) is 13.8 Å². The molecule has 1 fully saturated rings. The van der Waals surface area contributed by atoms with E-state index in [9.17, 15) is 14.4 Å². The Bertz CT molecular complexity index is 1210. The maximum absolute atomic E-state index is 13.3. The molecule has 1 atom stereocenters. The predicted molar refractivity (Wildman–Crippen MR) is 113 cm³/mol. The lowest BCUT2D eigenvalue weighted by Crippen LogP contribution is -2.42. The van der Waals surface area contributed by atoms with Crippen LogP contribution in [0.15, 0.2) is 53.1 Å². The third kappa shape index (κ3) is 2.91. The number of urea groups is 1. The molecule has 3 aromatic rings. The first-order valence-electron chi connectivity index (χ1n) is 10.4. The Kier molecular flexibility index (Phi) is 4.36. The van der Waals surface area contributed by atoms with E-state index in [4.69, 9.17) is 4.42 Å². The number of benzene rings is 1. The minimum atomic E-state index is -1.05. The van der Waals surface area contributed by atoms with Crippen molar-refractivity contribution in [3.05, 3.63) is 82.6 Å². The van der Waals surface area contributed by atoms with E-state index in [0.29, 0.717) is 18.5 Å². The predicted octanol–water partition coefficient (Wildman–Crippen LogP) is 3.32. The summed E-state index contributed by atoms with van der Waals surface area (Å²) in [6.07, 6.45) is 2.85. The van der Waals surface area contributed by atoms with E-state index in [-0.39, 0.29) is 18.2 Å². The van der Waals surface area contributed by atoms with Crippen LogP contribution in [0.25, 0.3) is 0 Å². The number of amides is 3. The number of aromatic nitrogens is 1. The van der Waals surface area contributed by atoms with Gasteiger partial charge in [0, 0.05) is 17.0 Å². The van der Waals surface area contributed by atoms with Crippen LogP contribution in [0.4, 0.5) is 4.79 Å². The highest BCUT2D eigenvalue weighted by Crippen LogP contribution is 2.41. The van der Waals surface area contributed by atoms with E-state index in [2.05, 4.69) is 5.32 Å². The maximum atomic E-state index is 13.3. The molecular formula is C24H23N3O4. The lowest BCUT2D eigenvalue weighted by Gasteiger charge is -2.22. The van der Waals surface area contributed by atoms with Gasteiger partial charge in [-0.05, 0) is 56.0 Å². The van der Waals surface area contributed by atoms with Crippen molar-refractivity contribution in [2.45, 2.75) is 38.8 Å². The number of hydrogen-bond donors (Lipinski definition) is 1. The van der Waals surface area contributed by atoms with Crippen molar-refractivity contribution >= 4 is 17.7 Å². The fourth-order valence-corrected chi connectivity index (χ4v) is 4.85. The fourth-order valence-electron chi connectivity index (χ4n) is 4.85. The van der Waals surface area contributed by atoms with E-state index in [1.807, 2.05) is 54.8 Å². The summed E-state index contributed by atoms with van der Waals surface area (Å²) < 4.78 is 7.42. The number of rotatable bonds is 5. The van der Waals surface area contributed by atoms with Gasteiger partial charge in [0.1, 0.15) is 11.3 Å². The molecule has 3 heterocycles. The normalized spacial score (nSPS) is 19.9. The van der Waals surface area contributed by atoms with Crippen LogP contribution in [-0.2, 0) is 23.3 Å². The summed E-state index contributed by atoms with van der Waals surface area (Å²) in [5.41, 5.74) is 3.05. The number of Topliss-reactive ketones (excluding diaryl/α,β-unsaturated/α-hetero) is 1. The standard InChI is InChI=1S/C24H23N3O4/c1-15-12-19(16(2)26(15)13-18-7-5-11-31-18)21(28)14-27-22(29)24(25-23(27)30)10-9-17-6-3-4-8-20(17)24/h3-8,11-12H,9-10,13-14H2,1-2H3,(H,25,30)/t24-/m1/s1. The molecule has 0 radical (unpaired) electrons. The molecule has 1 saturated heterocycles. The molecule has 5 rings (SSSR count). The maximum Gasteiger partial charge on any atom is 0.325 e. The highest BCUT2D eigenvalue weighted by molar-refractivity contribution is 6.12. The van der Waals surface area contributed by atoms with Gasteiger partial charge in [-0.25, -0.2) is 4.79 Å². The summed E-state index contributed by atoms with van der Waals surface area (Å²) in [6, 6.07) is 12.7. The zero-order valence-electron chi connectivity index (χ0n) is 17.5. The van der Waals surface area contributed by atoms with Crippen molar-refractivity contribution in [1.29, 1.82) is 0 Å². The zero-order valence-corrected chi connectivity index (χ0v) is 17.5. The van der Waals surface area contributed by atoms with Crippen molar-refractivity contribution in [2.75, 3.05) is 6.54 Å². The summed E-state index contributed by atoms with van der Waals surface area (Å²) in [4.78, 5) is 40.2. The Labute approximate surface area is 179 Å². The van der Waals surface area contributed by atoms with E-state index in [1.165, 1.54) is 0 Å². The quantitative estimate of drug-likeness (QED) is 0.510.